The van der Waals surface area contributed by atoms with Crippen LogP contribution in [0.1, 0.15) is 30.5 Å². The Balaban J connectivity index is 0.00000280. The van der Waals surface area contributed by atoms with E-state index in [4.69, 9.17) is 9.47 Å². The molecule has 2 N–H and O–H groups in total. The van der Waals surface area contributed by atoms with E-state index in [0.29, 0.717) is 6.61 Å². The number of nitrogens with zero attached hydrogens (tertiary/aromatic N) is 1. The van der Waals surface area contributed by atoms with Crippen LogP contribution in [-0.2, 0) is 24.3 Å². The number of nitrogens with one attached hydrogen (secondary N) is 2. The third kappa shape index (κ3) is 6.67. The fraction of sp³-hybridized carbons (Fsp3) is 0.409. The van der Waals surface area contributed by atoms with Gasteiger partial charge >= 0.3 is 0 Å². The summed E-state index contributed by atoms with van der Waals surface area (Å²) in [6, 6.07) is 16.7. The summed E-state index contributed by atoms with van der Waals surface area (Å²) >= 11 is 0. The maximum atomic E-state index is 5.96. The largest absolute Gasteiger partial charge is 0.488 e. The van der Waals surface area contributed by atoms with Gasteiger partial charge in [-0.3, -0.25) is 4.99 Å². The molecule has 1 aliphatic rings. The van der Waals surface area contributed by atoms with E-state index in [-0.39, 0.29) is 36.2 Å². The Morgan fingerprint density at radius 1 is 1.11 bits per heavy atom. The first kappa shape index (κ1) is 22.5. The highest BCUT2D eigenvalue weighted by Crippen LogP contribution is 2.27. The van der Waals surface area contributed by atoms with Crippen molar-refractivity contribution in [2.45, 2.75) is 45.6 Å². The van der Waals surface area contributed by atoms with Crippen molar-refractivity contribution in [1.82, 2.24) is 10.6 Å². The molecule has 0 amide bonds. The number of para-hydroxylation sites is 1. The van der Waals surface area contributed by atoms with Gasteiger partial charge in [0.15, 0.2) is 5.96 Å². The second-order valence-electron chi connectivity index (χ2n) is 7.03. The molecule has 0 fully saturated rings. The van der Waals surface area contributed by atoms with E-state index in [9.17, 15) is 0 Å². The zero-order chi connectivity index (χ0) is 19.1. The molecule has 0 radical (unpaired) electrons. The summed E-state index contributed by atoms with van der Waals surface area (Å²) in [7, 11) is 1.78. The first-order valence-electron chi connectivity index (χ1n) is 9.52. The lowest BCUT2D eigenvalue weighted by atomic mass is 10.1. The number of ether oxygens (including phenoxy) is 2. The Kier molecular flexibility index (Phi) is 9.05. The van der Waals surface area contributed by atoms with Crippen LogP contribution in [0.25, 0.3) is 0 Å². The van der Waals surface area contributed by atoms with E-state index >= 15 is 0 Å². The monoisotopic (exact) mass is 495 g/mol. The van der Waals surface area contributed by atoms with Crippen molar-refractivity contribution in [2.75, 3.05) is 13.6 Å². The second-order valence-corrected chi connectivity index (χ2v) is 7.03. The molecule has 1 aliphatic heterocycles. The van der Waals surface area contributed by atoms with Gasteiger partial charge in [-0.15, -0.1) is 24.0 Å². The molecular weight excluding hydrogens is 465 g/mol. The first-order valence-corrected chi connectivity index (χ1v) is 9.52. The van der Waals surface area contributed by atoms with Gasteiger partial charge in [-0.25, -0.2) is 0 Å². The van der Waals surface area contributed by atoms with Crippen LogP contribution in [0.15, 0.2) is 53.5 Å². The van der Waals surface area contributed by atoms with Gasteiger partial charge in [-0.1, -0.05) is 42.5 Å². The molecule has 0 aliphatic carbocycles. The first-order chi connectivity index (χ1) is 13.1. The molecule has 5 nitrogen and oxygen atoms in total. The van der Waals surface area contributed by atoms with E-state index < -0.39 is 0 Å². The number of fused-ring (bicyclic) bond motifs is 1. The molecule has 0 bridgehead atoms. The Morgan fingerprint density at radius 3 is 2.50 bits per heavy atom. The fourth-order valence-electron chi connectivity index (χ4n) is 3.00. The van der Waals surface area contributed by atoms with Crippen LogP contribution in [-0.4, -0.2) is 31.8 Å². The number of hydrogen-bond acceptors (Lipinski definition) is 3. The zero-order valence-corrected chi connectivity index (χ0v) is 19.1. The van der Waals surface area contributed by atoms with Crippen molar-refractivity contribution in [3.05, 3.63) is 65.2 Å². The van der Waals surface area contributed by atoms with Crippen LogP contribution in [0.4, 0.5) is 0 Å². The molecule has 152 valence electrons. The van der Waals surface area contributed by atoms with Crippen molar-refractivity contribution in [2.24, 2.45) is 4.99 Å². The summed E-state index contributed by atoms with van der Waals surface area (Å²) in [5.74, 6) is 1.77. The quantitative estimate of drug-likeness (QED) is 0.348. The molecule has 2 aromatic carbocycles. The smallest absolute Gasteiger partial charge is 0.191 e. The Labute approximate surface area is 184 Å². The van der Waals surface area contributed by atoms with Crippen molar-refractivity contribution in [3.63, 3.8) is 0 Å². The van der Waals surface area contributed by atoms with Crippen LogP contribution in [0.3, 0.4) is 0 Å². The number of aliphatic imine (C=N–C) groups is 1. The molecular formula is C22H30IN3O2. The SMILES string of the molecule is CN=C(NCc1ccc(COC(C)C)cc1)NCC1Cc2ccccc2O1.I. The van der Waals surface area contributed by atoms with Gasteiger partial charge in [0.1, 0.15) is 11.9 Å². The van der Waals surface area contributed by atoms with Crippen LogP contribution in [0, 0.1) is 0 Å². The predicted octanol–water partition coefficient (Wildman–Crippen LogP) is 3.90. The van der Waals surface area contributed by atoms with Gasteiger partial charge in [-0.2, -0.15) is 0 Å². The van der Waals surface area contributed by atoms with E-state index in [2.05, 4.69) is 52.0 Å². The molecule has 0 aromatic heterocycles. The molecule has 1 heterocycles. The van der Waals surface area contributed by atoms with Gasteiger partial charge in [0, 0.05) is 20.0 Å². The number of hydrogen-bond donors (Lipinski definition) is 2. The van der Waals surface area contributed by atoms with Gasteiger partial charge in [0.25, 0.3) is 0 Å². The van der Waals surface area contributed by atoms with Crippen LogP contribution in [0.5, 0.6) is 5.75 Å². The number of halogens is 1. The number of benzene rings is 2. The summed E-state index contributed by atoms with van der Waals surface area (Å²) in [5, 5.41) is 6.71. The van der Waals surface area contributed by atoms with Crippen molar-refractivity contribution in [3.8, 4) is 5.75 Å². The lowest BCUT2D eigenvalue weighted by molar-refractivity contribution is 0.0657. The highest BCUT2D eigenvalue weighted by molar-refractivity contribution is 14.0. The minimum atomic E-state index is 0. The summed E-state index contributed by atoms with van der Waals surface area (Å²) in [6.07, 6.45) is 1.32. The molecule has 28 heavy (non-hydrogen) atoms. The normalized spacial score (nSPS) is 15.6. The maximum Gasteiger partial charge on any atom is 0.191 e. The third-order valence-electron chi connectivity index (χ3n) is 4.50. The minimum absolute atomic E-state index is 0. The lowest BCUT2D eigenvalue weighted by Gasteiger charge is -2.16. The highest BCUT2D eigenvalue weighted by atomic mass is 127. The van der Waals surface area contributed by atoms with E-state index in [1.54, 1.807) is 7.05 Å². The van der Waals surface area contributed by atoms with Gasteiger partial charge in [0.2, 0.25) is 0 Å². The molecule has 1 atom stereocenters. The summed E-state index contributed by atoms with van der Waals surface area (Å²) in [6.45, 7) is 6.19. The lowest BCUT2D eigenvalue weighted by Crippen LogP contribution is -2.41. The Morgan fingerprint density at radius 2 is 1.82 bits per heavy atom. The second kappa shape index (κ2) is 11.3. The molecule has 0 saturated heterocycles. The van der Waals surface area contributed by atoms with Gasteiger partial charge in [0.05, 0.1) is 19.3 Å². The summed E-state index contributed by atoms with van der Waals surface area (Å²) < 4.78 is 11.6. The number of guanidine groups is 1. The van der Waals surface area contributed by atoms with Gasteiger partial charge < -0.3 is 20.1 Å². The number of rotatable bonds is 7. The Hall–Kier alpha value is -1.80. The van der Waals surface area contributed by atoms with Crippen molar-refractivity contribution in [1.29, 1.82) is 0 Å². The fourth-order valence-corrected chi connectivity index (χ4v) is 3.00. The van der Waals surface area contributed by atoms with Crippen LogP contribution in [0.2, 0.25) is 0 Å². The predicted molar refractivity (Wildman–Crippen MR) is 125 cm³/mol. The average Bonchev–Trinajstić information content (AvgIpc) is 3.10. The average molecular weight is 495 g/mol. The summed E-state index contributed by atoms with van der Waals surface area (Å²) in [5.41, 5.74) is 3.66. The highest BCUT2D eigenvalue weighted by Gasteiger charge is 2.22. The van der Waals surface area contributed by atoms with Gasteiger partial charge in [-0.05, 0) is 36.6 Å². The van der Waals surface area contributed by atoms with Crippen molar-refractivity contribution >= 4 is 29.9 Å². The van der Waals surface area contributed by atoms with Crippen LogP contribution >= 0.6 is 24.0 Å². The molecule has 2 aromatic rings. The van der Waals surface area contributed by atoms with Crippen LogP contribution < -0.4 is 15.4 Å². The van der Waals surface area contributed by atoms with E-state index in [1.807, 2.05) is 26.0 Å². The molecule has 6 heteroatoms. The molecule has 3 rings (SSSR count). The third-order valence-corrected chi connectivity index (χ3v) is 4.50. The van der Waals surface area contributed by atoms with E-state index in [0.717, 1.165) is 31.2 Å². The maximum absolute atomic E-state index is 5.96. The van der Waals surface area contributed by atoms with E-state index in [1.165, 1.54) is 16.7 Å². The topological polar surface area (TPSA) is 54.9 Å². The molecule has 1 unspecified atom stereocenters. The van der Waals surface area contributed by atoms with Crippen molar-refractivity contribution < 1.29 is 9.47 Å². The summed E-state index contributed by atoms with van der Waals surface area (Å²) in [4.78, 5) is 4.30. The zero-order valence-electron chi connectivity index (χ0n) is 16.8. The Bertz CT molecular complexity index is 738. The molecule has 0 spiro atoms. The molecule has 0 saturated carbocycles. The minimum Gasteiger partial charge on any atom is -0.488 e. The standard InChI is InChI=1S/C22H29N3O2.HI/c1-16(2)26-15-18-10-8-17(9-11-18)13-24-22(23-3)25-14-20-12-19-6-4-5-7-21(19)27-20;/h4-11,16,20H,12-15H2,1-3H3,(H2,23,24,25);1H.